The van der Waals surface area contributed by atoms with Crippen LogP contribution in [-0.2, 0) is 9.53 Å². The molecule has 0 bridgehead atoms. The van der Waals surface area contributed by atoms with Crippen molar-refractivity contribution in [3.63, 3.8) is 0 Å². The zero-order valence-corrected chi connectivity index (χ0v) is 8.85. The zero-order chi connectivity index (χ0) is 11.2. The zero-order valence-electron chi connectivity index (χ0n) is 8.85. The standard InChI is InChI=1S/C10H14N4O2/c15-10(6-8-3-5-16-7-8)14-13-9-2-1-4-11-12-9/h1-2,4,8H,3,5-7H2,(H,12,13)(H,14,15). The number of anilines is 1. The van der Waals surface area contributed by atoms with Crippen molar-refractivity contribution in [2.45, 2.75) is 12.8 Å². The van der Waals surface area contributed by atoms with Gasteiger partial charge in [0.05, 0.1) is 0 Å². The van der Waals surface area contributed by atoms with E-state index >= 15 is 0 Å². The predicted molar refractivity (Wildman–Crippen MR) is 57.3 cm³/mol. The number of carbonyl (C=O) groups is 1. The Balaban J connectivity index is 1.71. The van der Waals surface area contributed by atoms with Crippen LogP contribution in [0, 0.1) is 5.92 Å². The third-order valence-corrected chi connectivity index (χ3v) is 2.40. The van der Waals surface area contributed by atoms with Crippen molar-refractivity contribution in [3.8, 4) is 0 Å². The number of nitrogens with one attached hydrogen (secondary N) is 2. The second-order valence-electron chi connectivity index (χ2n) is 3.72. The van der Waals surface area contributed by atoms with E-state index < -0.39 is 0 Å². The molecule has 6 heteroatoms. The first-order valence-electron chi connectivity index (χ1n) is 5.25. The Labute approximate surface area is 93.4 Å². The predicted octanol–water partition coefficient (Wildman–Crippen LogP) is 0.346. The molecule has 2 rings (SSSR count). The van der Waals surface area contributed by atoms with E-state index in [1.165, 1.54) is 0 Å². The number of aromatic nitrogens is 2. The van der Waals surface area contributed by atoms with Gasteiger partial charge >= 0.3 is 0 Å². The Morgan fingerprint density at radius 3 is 3.25 bits per heavy atom. The molecule has 1 aromatic rings. The molecule has 0 spiro atoms. The minimum absolute atomic E-state index is 0.0545. The molecule has 1 fully saturated rings. The number of rotatable bonds is 4. The summed E-state index contributed by atoms with van der Waals surface area (Å²) in [5, 5.41) is 7.46. The van der Waals surface area contributed by atoms with Crippen molar-refractivity contribution in [1.82, 2.24) is 15.6 Å². The Bertz CT molecular complexity index is 338. The average Bonchev–Trinajstić information content (AvgIpc) is 2.81. The molecule has 1 aromatic heterocycles. The maximum atomic E-state index is 11.5. The van der Waals surface area contributed by atoms with Gasteiger partial charge in [0.15, 0.2) is 5.82 Å². The number of amides is 1. The molecular weight excluding hydrogens is 208 g/mol. The first kappa shape index (κ1) is 10.8. The van der Waals surface area contributed by atoms with Crippen LogP contribution in [0.2, 0.25) is 0 Å². The van der Waals surface area contributed by atoms with Crippen molar-refractivity contribution in [2.75, 3.05) is 18.6 Å². The van der Waals surface area contributed by atoms with Crippen LogP contribution in [0.3, 0.4) is 0 Å². The Hall–Kier alpha value is -1.69. The molecule has 1 aliphatic heterocycles. The van der Waals surface area contributed by atoms with Crippen LogP contribution in [-0.4, -0.2) is 29.3 Å². The molecule has 1 saturated heterocycles. The van der Waals surface area contributed by atoms with Gasteiger partial charge in [0.25, 0.3) is 0 Å². The molecule has 0 saturated carbocycles. The molecule has 86 valence electrons. The van der Waals surface area contributed by atoms with Crippen LogP contribution in [0.5, 0.6) is 0 Å². The highest BCUT2D eigenvalue weighted by atomic mass is 16.5. The maximum Gasteiger partial charge on any atom is 0.238 e. The van der Waals surface area contributed by atoms with Crippen molar-refractivity contribution < 1.29 is 9.53 Å². The highest BCUT2D eigenvalue weighted by Gasteiger charge is 2.18. The number of hydrazine groups is 1. The van der Waals surface area contributed by atoms with Gasteiger partial charge in [-0.2, -0.15) is 5.10 Å². The molecule has 0 aromatic carbocycles. The molecule has 1 aliphatic rings. The van der Waals surface area contributed by atoms with Crippen molar-refractivity contribution in [3.05, 3.63) is 18.3 Å². The van der Waals surface area contributed by atoms with E-state index in [1.54, 1.807) is 18.3 Å². The van der Waals surface area contributed by atoms with E-state index in [0.29, 0.717) is 24.8 Å². The van der Waals surface area contributed by atoms with E-state index in [1.807, 2.05) is 0 Å². The highest BCUT2D eigenvalue weighted by molar-refractivity contribution is 5.77. The smallest absolute Gasteiger partial charge is 0.238 e. The topological polar surface area (TPSA) is 76.1 Å². The van der Waals surface area contributed by atoms with Gasteiger partial charge in [0, 0.05) is 25.8 Å². The Morgan fingerprint density at radius 2 is 2.56 bits per heavy atom. The largest absolute Gasteiger partial charge is 0.381 e. The minimum atomic E-state index is -0.0545. The molecule has 1 amide bonds. The van der Waals surface area contributed by atoms with Gasteiger partial charge in [-0.3, -0.25) is 15.6 Å². The lowest BCUT2D eigenvalue weighted by molar-refractivity contribution is -0.121. The van der Waals surface area contributed by atoms with Crippen LogP contribution in [0.25, 0.3) is 0 Å². The number of ether oxygens (including phenoxy) is 1. The summed E-state index contributed by atoms with van der Waals surface area (Å²) >= 11 is 0. The normalized spacial score (nSPS) is 19.4. The van der Waals surface area contributed by atoms with Crippen molar-refractivity contribution >= 4 is 11.7 Å². The first-order valence-corrected chi connectivity index (χ1v) is 5.25. The lowest BCUT2D eigenvalue weighted by Crippen LogP contribution is -2.31. The van der Waals surface area contributed by atoms with Crippen LogP contribution < -0.4 is 10.9 Å². The number of hydrogen-bond acceptors (Lipinski definition) is 5. The molecule has 2 heterocycles. The summed E-state index contributed by atoms with van der Waals surface area (Å²) < 4.78 is 5.20. The first-order chi connectivity index (χ1) is 7.84. The third-order valence-electron chi connectivity index (χ3n) is 2.40. The SMILES string of the molecule is O=C(CC1CCOC1)NNc1cccnn1. The summed E-state index contributed by atoms with van der Waals surface area (Å²) in [6, 6.07) is 3.47. The summed E-state index contributed by atoms with van der Waals surface area (Å²) in [7, 11) is 0. The number of carbonyl (C=O) groups excluding carboxylic acids is 1. The quantitative estimate of drug-likeness (QED) is 0.719. The van der Waals surface area contributed by atoms with Crippen molar-refractivity contribution in [2.24, 2.45) is 5.92 Å². The van der Waals surface area contributed by atoms with Gasteiger partial charge in [0.2, 0.25) is 5.91 Å². The molecule has 6 nitrogen and oxygen atoms in total. The highest BCUT2D eigenvalue weighted by Crippen LogP contribution is 2.15. The van der Waals surface area contributed by atoms with E-state index in [-0.39, 0.29) is 5.91 Å². The van der Waals surface area contributed by atoms with Gasteiger partial charge in [-0.1, -0.05) is 0 Å². The fraction of sp³-hybridized carbons (Fsp3) is 0.500. The summed E-state index contributed by atoms with van der Waals surface area (Å²) in [6.07, 6.45) is 3.01. The molecule has 0 aliphatic carbocycles. The van der Waals surface area contributed by atoms with E-state index in [4.69, 9.17) is 4.74 Å². The Morgan fingerprint density at radius 1 is 1.62 bits per heavy atom. The molecule has 16 heavy (non-hydrogen) atoms. The molecule has 2 N–H and O–H groups in total. The van der Waals surface area contributed by atoms with Gasteiger partial charge < -0.3 is 4.74 Å². The monoisotopic (exact) mass is 222 g/mol. The summed E-state index contributed by atoms with van der Waals surface area (Å²) in [6.45, 7) is 1.44. The fourth-order valence-electron chi connectivity index (χ4n) is 1.56. The van der Waals surface area contributed by atoms with Crippen LogP contribution in [0.15, 0.2) is 18.3 Å². The average molecular weight is 222 g/mol. The second kappa shape index (κ2) is 5.41. The summed E-state index contributed by atoms with van der Waals surface area (Å²) in [5.74, 6) is 0.809. The van der Waals surface area contributed by atoms with Crippen molar-refractivity contribution in [1.29, 1.82) is 0 Å². The summed E-state index contributed by atoms with van der Waals surface area (Å²) in [5.41, 5.74) is 5.28. The Kier molecular flexibility index (Phi) is 3.66. The fourth-order valence-corrected chi connectivity index (χ4v) is 1.56. The molecule has 1 unspecified atom stereocenters. The second-order valence-corrected chi connectivity index (χ2v) is 3.72. The lowest BCUT2D eigenvalue weighted by Gasteiger charge is -2.09. The molecule has 1 atom stereocenters. The summed E-state index contributed by atoms with van der Waals surface area (Å²) in [4.78, 5) is 11.5. The molecule has 0 radical (unpaired) electrons. The maximum absolute atomic E-state index is 11.5. The number of nitrogens with zero attached hydrogens (tertiary/aromatic N) is 2. The van der Waals surface area contributed by atoms with E-state index in [0.717, 1.165) is 13.0 Å². The van der Waals surface area contributed by atoms with E-state index in [9.17, 15) is 4.79 Å². The van der Waals surface area contributed by atoms with Crippen LogP contribution >= 0.6 is 0 Å². The third kappa shape index (κ3) is 3.16. The van der Waals surface area contributed by atoms with Gasteiger partial charge in [-0.15, -0.1) is 5.10 Å². The van der Waals surface area contributed by atoms with Gasteiger partial charge in [0.1, 0.15) is 0 Å². The van der Waals surface area contributed by atoms with E-state index in [2.05, 4.69) is 21.0 Å². The lowest BCUT2D eigenvalue weighted by atomic mass is 10.1. The van der Waals surface area contributed by atoms with Crippen LogP contribution in [0.4, 0.5) is 5.82 Å². The minimum Gasteiger partial charge on any atom is -0.381 e. The van der Waals surface area contributed by atoms with Gasteiger partial charge in [-0.05, 0) is 24.5 Å². The van der Waals surface area contributed by atoms with Gasteiger partial charge in [-0.25, -0.2) is 0 Å². The number of hydrogen-bond donors (Lipinski definition) is 2. The molecular formula is C10H14N4O2. The van der Waals surface area contributed by atoms with Crippen LogP contribution in [0.1, 0.15) is 12.8 Å².